The van der Waals surface area contributed by atoms with Crippen LogP contribution in [0.3, 0.4) is 0 Å². The van der Waals surface area contributed by atoms with Crippen molar-refractivity contribution in [2.45, 2.75) is 17.9 Å². The van der Waals surface area contributed by atoms with Crippen LogP contribution in [0.15, 0.2) is 48.5 Å². The van der Waals surface area contributed by atoms with Crippen LogP contribution in [0, 0.1) is 6.92 Å². The molecule has 4 heteroatoms. The molecule has 2 aromatic carbocycles. The Morgan fingerprint density at radius 2 is 1.86 bits per heavy atom. The minimum Gasteiger partial charge on any atom is -0.326 e. The molecule has 1 N–H and O–H groups in total. The van der Waals surface area contributed by atoms with Gasteiger partial charge >= 0.3 is 0 Å². The Morgan fingerprint density at radius 3 is 2.59 bits per heavy atom. The van der Waals surface area contributed by atoms with Crippen LogP contribution in [0.4, 0.5) is 5.69 Å². The molecular weight excluding hydrogens is 310 g/mol. The highest BCUT2D eigenvalue weighted by Crippen LogP contribution is 2.45. The number of nitrogens with one attached hydrogen (secondary N) is 1. The zero-order chi connectivity index (χ0) is 15.4. The van der Waals surface area contributed by atoms with Gasteiger partial charge in [0.25, 0.3) is 0 Å². The van der Waals surface area contributed by atoms with Crippen molar-refractivity contribution in [2.75, 3.05) is 16.8 Å². The van der Waals surface area contributed by atoms with Gasteiger partial charge in [0.2, 0.25) is 5.91 Å². The molecule has 0 aliphatic carbocycles. The summed E-state index contributed by atoms with van der Waals surface area (Å²) in [6, 6.07) is 16.3. The maximum Gasteiger partial charge on any atom is 0.228 e. The van der Waals surface area contributed by atoms with Crippen LogP contribution in [0.1, 0.15) is 21.3 Å². The lowest BCUT2D eigenvalue weighted by Crippen LogP contribution is -2.14. The number of thioether (sulfide) groups is 2. The molecule has 0 radical (unpaired) electrons. The number of rotatable bonds is 4. The Balaban J connectivity index is 1.63. The van der Waals surface area contributed by atoms with Crippen molar-refractivity contribution in [1.29, 1.82) is 0 Å². The third-order valence-electron chi connectivity index (χ3n) is 3.55. The van der Waals surface area contributed by atoms with E-state index in [2.05, 4.69) is 17.4 Å². The fraction of sp³-hybridized carbons (Fsp3) is 0.278. The topological polar surface area (TPSA) is 29.1 Å². The van der Waals surface area contributed by atoms with E-state index in [1.54, 1.807) is 0 Å². The van der Waals surface area contributed by atoms with Crippen molar-refractivity contribution < 1.29 is 4.79 Å². The third kappa shape index (κ3) is 4.08. The number of carbonyl (C=O) groups is 1. The highest BCUT2D eigenvalue weighted by molar-refractivity contribution is 8.19. The number of aryl methyl sites for hydroxylation is 1. The van der Waals surface area contributed by atoms with Crippen molar-refractivity contribution in [2.24, 2.45) is 0 Å². The van der Waals surface area contributed by atoms with Gasteiger partial charge in [-0.25, -0.2) is 0 Å². The van der Waals surface area contributed by atoms with Gasteiger partial charge in [-0.1, -0.05) is 42.0 Å². The number of anilines is 1. The molecule has 2 nitrogen and oxygen atoms in total. The van der Waals surface area contributed by atoms with Crippen molar-refractivity contribution in [1.82, 2.24) is 0 Å². The minimum absolute atomic E-state index is 0.0349. The Labute approximate surface area is 140 Å². The third-order valence-corrected chi connectivity index (χ3v) is 6.65. The molecule has 0 bridgehead atoms. The number of amides is 1. The average molecular weight is 329 g/mol. The first-order valence-electron chi connectivity index (χ1n) is 7.39. The van der Waals surface area contributed by atoms with Crippen LogP contribution < -0.4 is 5.32 Å². The molecule has 114 valence electrons. The van der Waals surface area contributed by atoms with Gasteiger partial charge in [-0.2, -0.15) is 0 Å². The molecular formula is C18H19NOS2. The molecule has 1 aliphatic heterocycles. The van der Waals surface area contributed by atoms with E-state index in [-0.39, 0.29) is 5.91 Å². The summed E-state index contributed by atoms with van der Waals surface area (Å²) < 4.78 is 0.508. The second-order valence-electron chi connectivity index (χ2n) is 5.41. The van der Waals surface area contributed by atoms with Gasteiger partial charge in [0.15, 0.2) is 0 Å². The lowest BCUT2D eigenvalue weighted by atomic mass is 10.1. The summed E-state index contributed by atoms with van der Waals surface area (Å²) in [5, 5.41) is 3.01. The summed E-state index contributed by atoms with van der Waals surface area (Å²) in [4.78, 5) is 12.2. The normalized spacial score (nSPS) is 15.0. The van der Waals surface area contributed by atoms with Gasteiger partial charge in [-0.3, -0.25) is 4.79 Å². The van der Waals surface area contributed by atoms with Crippen molar-refractivity contribution in [3.63, 3.8) is 0 Å². The van der Waals surface area contributed by atoms with Crippen LogP contribution in [-0.4, -0.2) is 17.4 Å². The second kappa shape index (κ2) is 7.25. The fourth-order valence-corrected chi connectivity index (χ4v) is 5.25. The lowest BCUT2D eigenvalue weighted by Gasteiger charge is -2.11. The first-order valence-corrected chi connectivity index (χ1v) is 9.49. The van der Waals surface area contributed by atoms with Gasteiger partial charge in [0.05, 0.1) is 11.0 Å². The van der Waals surface area contributed by atoms with Gasteiger partial charge < -0.3 is 5.32 Å². The maximum atomic E-state index is 12.2. The van der Waals surface area contributed by atoms with Crippen molar-refractivity contribution in [3.05, 3.63) is 65.2 Å². The van der Waals surface area contributed by atoms with E-state index in [1.165, 1.54) is 22.6 Å². The quantitative estimate of drug-likeness (QED) is 0.885. The molecule has 22 heavy (non-hydrogen) atoms. The standard InChI is InChI=1S/C18H19NOS2/c1-13-5-7-14(8-6-13)11-17(20)19-16-4-2-3-15(12-16)18-21-9-10-22-18/h2-8,12,18H,9-11H2,1H3,(H,19,20). The Hall–Kier alpha value is -1.39. The molecule has 3 rings (SSSR count). The van der Waals surface area contributed by atoms with Crippen LogP contribution in [0.25, 0.3) is 0 Å². The van der Waals surface area contributed by atoms with Crippen LogP contribution in [-0.2, 0) is 11.2 Å². The molecule has 0 saturated carbocycles. The smallest absolute Gasteiger partial charge is 0.228 e. The largest absolute Gasteiger partial charge is 0.326 e. The van der Waals surface area contributed by atoms with E-state index in [0.29, 0.717) is 11.0 Å². The number of hydrogen-bond acceptors (Lipinski definition) is 3. The van der Waals surface area contributed by atoms with Crippen LogP contribution in [0.5, 0.6) is 0 Å². The van der Waals surface area contributed by atoms with Crippen molar-refractivity contribution in [3.8, 4) is 0 Å². The number of hydrogen-bond donors (Lipinski definition) is 1. The van der Waals surface area contributed by atoms with E-state index in [1.807, 2.05) is 66.8 Å². The second-order valence-corrected chi connectivity index (χ2v) is 8.13. The highest BCUT2D eigenvalue weighted by Gasteiger charge is 2.18. The summed E-state index contributed by atoms with van der Waals surface area (Å²) in [5.74, 6) is 2.45. The Bertz CT molecular complexity index is 648. The zero-order valence-corrected chi connectivity index (χ0v) is 14.2. The molecule has 1 amide bonds. The van der Waals surface area contributed by atoms with Crippen LogP contribution >= 0.6 is 23.5 Å². The molecule has 1 heterocycles. The first kappa shape index (κ1) is 15.5. The Kier molecular flexibility index (Phi) is 5.11. The van der Waals surface area contributed by atoms with E-state index < -0.39 is 0 Å². The molecule has 1 aliphatic rings. The van der Waals surface area contributed by atoms with E-state index in [4.69, 9.17) is 0 Å². The summed E-state index contributed by atoms with van der Waals surface area (Å²) in [6.07, 6.45) is 0.414. The molecule has 1 fully saturated rings. The molecule has 0 aromatic heterocycles. The number of benzene rings is 2. The van der Waals surface area contributed by atoms with E-state index >= 15 is 0 Å². The van der Waals surface area contributed by atoms with Gasteiger partial charge in [0, 0.05) is 17.2 Å². The predicted octanol–water partition coefficient (Wildman–Crippen LogP) is 4.65. The fourth-order valence-electron chi connectivity index (χ4n) is 2.41. The van der Waals surface area contributed by atoms with Gasteiger partial charge in [-0.05, 0) is 30.2 Å². The lowest BCUT2D eigenvalue weighted by molar-refractivity contribution is -0.115. The molecule has 0 unspecified atom stereocenters. The predicted molar refractivity (Wildman–Crippen MR) is 97.6 cm³/mol. The van der Waals surface area contributed by atoms with E-state index in [0.717, 1.165) is 11.3 Å². The summed E-state index contributed by atoms with van der Waals surface area (Å²) in [6.45, 7) is 2.05. The number of carbonyl (C=O) groups excluding carboxylic acids is 1. The molecule has 0 atom stereocenters. The summed E-state index contributed by atoms with van der Waals surface area (Å²) in [5.41, 5.74) is 4.44. The average Bonchev–Trinajstić information content (AvgIpc) is 3.04. The van der Waals surface area contributed by atoms with E-state index in [9.17, 15) is 4.79 Å². The first-order chi connectivity index (χ1) is 10.7. The Morgan fingerprint density at radius 1 is 1.14 bits per heavy atom. The minimum atomic E-state index is 0.0349. The zero-order valence-electron chi connectivity index (χ0n) is 12.5. The van der Waals surface area contributed by atoms with Crippen molar-refractivity contribution >= 4 is 35.1 Å². The summed E-state index contributed by atoms with van der Waals surface area (Å²) in [7, 11) is 0. The van der Waals surface area contributed by atoms with Gasteiger partial charge in [-0.15, -0.1) is 23.5 Å². The SMILES string of the molecule is Cc1ccc(CC(=O)Nc2cccc(C3SCCS3)c2)cc1. The highest BCUT2D eigenvalue weighted by atomic mass is 32.2. The summed E-state index contributed by atoms with van der Waals surface area (Å²) >= 11 is 3.95. The monoisotopic (exact) mass is 329 g/mol. The van der Waals surface area contributed by atoms with Crippen LogP contribution in [0.2, 0.25) is 0 Å². The molecule has 2 aromatic rings. The molecule has 1 saturated heterocycles. The van der Waals surface area contributed by atoms with Gasteiger partial charge in [0.1, 0.15) is 0 Å². The molecule has 0 spiro atoms. The maximum absolute atomic E-state index is 12.2.